The average Bonchev–Trinajstić information content (AvgIpc) is 2.48. The lowest BCUT2D eigenvalue weighted by Gasteiger charge is -2.11. The summed E-state index contributed by atoms with van der Waals surface area (Å²) >= 11 is 0. The molecule has 0 heterocycles. The van der Waals surface area contributed by atoms with Crippen LogP contribution in [0.3, 0.4) is 0 Å². The molecular formula is C18H26O3. The third kappa shape index (κ3) is 8.39. The number of aliphatic hydroxyl groups is 1. The van der Waals surface area contributed by atoms with Crippen molar-refractivity contribution in [3.63, 3.8) is 0 Å². The average molecular weight is 290 g/mol. The van der Waals surface area contributed by atoms with Gasteiger partial charge in [-0.1, -0.05) is 38.2 Å². The molecule has 0 fully saturated rings. The second-order valence-electron chi connectivity index (χ2n) is 5.12. The fraction of sp³-hybridized carbons (Fsp3) is 0.556. The number of ether oxygens (including phenoxy) is 2. The zero-order valence-corrected chi connectivity index (χ0v) is 13.1. The number of aliphatic hydroxyl groups excluding tert-OH is 1. The van der Waals surface area contributed by atoms with Gasteiger partial charge >= 0.3 is 0 Å². The normalized spacial score (nSPS) is 11.6. The van der Waals surface area contributed by atoms with Gasteiger partial charge < -0.3 is 14.6 Å². The molecule has 0 aliphatic rings. The van der Waals surface area contributed by atoms with E-state index in [9.17, 15) is 0 Å². The number of hydrogen-bond donors (Lipinski definition) is 1. The molecule has 0 aromatic heterocycles. The SMILES string of the molecule is CCCC(C)COCCOc1cccc(C#CCCO)c1. The Morgan fingerprint density at radius 2 is 2.14 bits per heavy atom. The summed E-state index contributed by atoms with van der Waals surface area (Å²) < 4.78 is 11.3. The van der Waals surface area contributed by atoms with E-state index >= 15 is 0 Å². The summed E-state index contributed by atoms with van der Waals surface area (Å²) in [6.07, 6.45) is 2.90. The second kappa shape index (κ2) is 11.2. The van der Waals surface area contributed by atoms with Gasteiger partial charge in [0.1, 0.15) is 12.4 Å². The molecule has 1 aromatic carbocycles. The van der Waals surface area contributed by atoms with Gasteiger partial charge in [-0.15, -0.1) is 0 Å². The van der Waals surface area contributed by atoms with Crippen LogP contribution in [0, 0.1) is 17.8 Å². The van der Waals surface area contributed by atoms with Gasteiger partial charge in [-0.3, -0.25) is 0 Å². The van der Waals surface area contributed by atoms with Gasteiger partial charge in [0.2, 0.25) is 0 Å². The van der Waals surface area contributed by atoms with Crippen LogP contribution >= 0.6 is 0 Å². The molecule has 0 radical (unpaired) electrons. The van der Waals surface area contributed by atoms with Crippen LogP contribution in [-0.4, -0.2) is 31.5 Å². The molecule has 0 aliphatic heterocycles. The topological polar surface area (TPSA) is 38.7 Å². The fourth-order valence-electron chi connectivity index (χ4n) is 1.96. The van der Waals surface area contributed by atoms with Crippen LogP contribution < -0.4 is 4.74 Å². The third-order valence-corrected chi connectivity index (χ3v) is 2.98. The molecule has 3 heteroatoms. The molecule has 116 valence electrons. The highest BCUT2D eigenvalue weighted by Gasteiger charge is 2.00. The van der Waals surface area contributed by atoms with E-state index < -0.39 is 0 Å². The first-order chi connectivity index (χ1) is 10.3. The van der Waals surface area contributed by atoms with E-state index in [0.29, 0.717) is 25.6 Å². The molecule has 0 saturated heterocycles. The van der Waals surface area contributed by atoms with Gasteiger partial charge in [-0.05, 0) is 30.5 Å². The van der Waals surface area contributed by atoms with E-state index in [0.717, 1.165) is 17.9 Å². The highest BCUT2D eigenvalue weighted by molar-refractivity contribution is 5.39. The molecule has 1 rings (SSSR count). The predicted octanol–water partition coefficient (Wildman–Crippen LogP) is 3.25. The Morgan fingerprint density at radius 1 is 1.29 bits per heavy atom. The summed E-state index contributed by atoms with van der Waals surface area (Å²) in [5, 5.41) is 8.70. The van der Waals surface area contributed by atoms with Crippen molar-refractivity contribution < 1.29 is 14.6 Å². The van der Waals surface area contributed by atoms with Crippen molar-refractivity contribution in [3.8, 4) is 17.6 Å². The molecule has 1 N–H and O–H groups in total. The van der Waals surface area contributed by atoms with E-state index in [4.69, 9.17) is 14.6 Å². The number of benzene rings is 1. The van der Waals surface area contributed by atoms with Crippen LogP contribution in [0.1, 0.15) is 38.7 Å². The van der Waals surface area contributed by atoms with Crippen LogP contribution in [0.4, 0.5) is 0 Å². The lowest BCUT2D eigenvalue weighted by Crippen LogP contribution is -2.11. The molecular weight excluding hydrogens is 264 g/mol. The minimum Gasteiger partial charge on any atom is -0.491 e. The number of rotatable bonds is 9. The van der Waals surface area contributed by atoms with Gasteiger partial charge in [-0.2, -0.15) is 0 Å². The summed E-state index contributed by atoms with van der Waals surface area (Å²) in [4.78, 5) is 0. The molecule has 3 nitrogen and oxygen atoms in total. The highest BCUT2D eigenvalue weighted by atomic mass is 16.5. The first kappa shape index (κ1) is 17.6. The highest BCUT2D eigenvalue weighted by Crippen LogP contribution is 2.12. The van der Waals surface area contributed by atoms with Crippen molar-refractivity contribution in [3.05, 3.63) is 29.8 Å². The van der Waals surface area contributed by atoms with Crippen LogP contribution in [0.15, 0.2) is 24.3 Å². The van der Waals surface area contributed by atoms with Crippen molar-refractivity contribution in [2.75, 3.05) is 26.4 Å². The van der Waals surface area contributed by atoms with E-state index in [1.807, 2.05) is 24.3 Å². The van der Waals surface area contributed by atoms with Crippen molar-refractivity contribution in [1.29, 1.82) is 0 Å². The van der Waals surface area contributed by atoms with Gasteiger partial charge in [0, 0.05) is 18.6 Å². The monoisotopic (exact) mass is 290 g/mol. The Labute approximate surface area is 128 Å². The zero-order valence-electron chi connectivity index (χ0n) is 13.1. The predicted molar refractivity (Wildman–Crippen MR) is 85.4 cm³/mol. The van der Waals surface area contributed by atoms with Crippen molar-refractivity contribution in [1.82, 2.24) is 0 Å². The molecule has 1 unspecified atom stereocenters. The van der Waals surface area contributed by atoms with E-state index in [1.165, 1.54) is 12.8 Å². The van der Waals surface area contributed by atoms with Gasteiger partial charge in [0.25, 0.3) is 0 Å². The molecule has 0 amide bonds. The van der Waals surface area contributed by atoms with Crippen LogP contribution in [-0.2, 0) is 4.74 Å². The summed E-state index contributed by atoms with van der Waals surface area (Å²) in [6, 6.07) is 7.67. The summed E-state index contributed by atoms with van der Waals surface area (Å²) in [5.41, 5.74) is 0.901. The van der Waals surface area contributed by atoms with Crippen LogP contribution in [0.25, 0.3) is 0 Å². The van der Waals surface area contributed by atoms with Crippen molar-refractivity contribution >= 4 is 0 Å². The molecule has 0 spiro atoms. The fourth-order valence-corrected chi connectivity index (χ4v) is 1.96. The van der Waals surface area contributed by atoms with Gasteiger partial charge in [-0.25, -0.2) is 0 Å². The Balaban J connectivity index is 2.26. The first-order valence-corrected chi connectivity index (χ1v) is 7.66. The van der Waals surface area contributed by atoms with Crippen molar-refractivity contribution in [2.45, 2.75) is 33.1 Å². The third-order valence-electron chi connectivity index (χ3n) is 2.98. The number of hydrogen-bond acceptors (Lipinski definition) is 3. The smallest absolute Gasteiger partial charge is 0.120 e. The Kier molecular flexibility index (Phi) is 9.35. The molecule has 0 saturated carbocycles. The quantitative estimate of drug-likeness (QED) is 0.560. The van der Waals surface area contributed by atoms with E-state index in [2.05, 4.69) is 25.7 Å². The molecule has 21 heavy (non-hydrogen) atoms. The lowest BCUT2D eigenvalue weighted by molar-refractivity contribution is 0.0758. The van der Waals surface area contributed by atoms with Crippen LogP contribution in [0.2, 0.25) is 0 Å². The largest absolute Gasteiger partial charge is 0.491 e. The van der Waals surface area contributed by atoms with E-state index in [-0.39, 0.29) is 6.61 Å². The summed E-state index contributed by atoms with van der Waals surface area (Å²) in [5.74, 6) is 7.31. The van der Waals surface area contributed by atoms with Gasteiger partial charge in [0.05, 0.1) is 13.2 Å². The minimum atomic E-state index is 0.0942. The first-order valence-electron chi connectivity index (χ1n) is 7.66. The summed E-state index contributed by atoms with van der Waals surface area (Å²) in [7, 11) is 0. The van der Waals surface area contributed by atoms with Crippen molar-refractivity contribution in [2.24, 2.45) is 5.92 Å². The van der Waals surface area contributed by atoms with Crippen LogP contribution in [0.5, 0.6) is 5.75 Å². The van der Waals surface area contributed by atoms with E-state index in [1.54, 1.807) is 0 Å². The second-order valence-corrected chi connectivity index (χ2v) is 5.12. The molecule has 1 atom stereocenters. The maximum absolute atomic E-state index is 8.70. The maximum Gasteiger partial charge on any atom is 0.120 e. The molecule has 0 aliphatic carbocycles. The Bertz CT molecular complexity index is 445. The Morgan fingerprint density at radius 3 is 2.90 bits per heavy atom. The standard InChI is InChI=1S/C18H26O3/c1-3-7-16(2)15-20-12-13-21-18-10-6-9-17(14-18)8-4-5-11-19/h6,9-10,14,16,19H,3,5,7,11-13,15H2,1-2H3. The maximum atomic E-state index is 8.70. The molecule has 1 aromatic rings. The lowest BCUT2D eigenvalue weighted by atomic mass is 10.1. The minimum absolute atomic E-state index is 0.0942. The summed E-state index contributed by atoms with van der Waals surface area (Å²) in [6.45, 7) is 6.44. The Hall–Kier alpha value is -1.50. The zero-order chi connectivity index (χ0) is 15.3. The van der Waals surface area contributed by atoms with Gasteiger partial charge in [0.15, 0.2) is 0 Å². The molecule has 0 bridgehead atoms.